The number of aryl methyl sites for hydroxylation is 1. The number of carbonyl (C=O) groups excluding carboxylic acids is 12. The number of carbonyl (C=O) groups is 12. The zero-order valence-electron chi connectivity index (χ0n) is 61.4. The van der Waals surface area contributed by atoms with Crippen LogP contribution in [0.1, 0.15) is 174 Å². The number of likely N-dealkylation sites (tertiary alicyclic amines) is 1. The van der Waals surface area contributed by atoms with Gasteiger partial charge in [0.05, 0.1) is 29.3 Å². The normalized spacial score (nSPS) is 27.3. The summed E-state index contributed by atoms with van der Waals surface area (Å²) < 4.78 is 67.2. The average molecular weight is 1480 g/mol. The van der Waals surface area contributed by atoms with E-state index in [1.165, 1.54) is 74.9 Å². The summed E-state index contributed by atoms with van der Waals surface area (Å²) in [6.45, 7) is 8.47. The minimum absolute atomic E-state index is 0.00377. The maximum Gasteiger partial charge on any atom is 0.417 e. The number of nitrogens with one attached hydrogen (secondary N) is 3. The van der Waals surface area contributed by atoms with Crippen LogP contribution in [-0.4, -0.2) is 270 Å². The van der Waals surface area contributed by atoms with Crippen LogP contribution in [0.5, 0.6) is 0 Å². The molecule has 4 aliphatic heterocycles. The smallest absolute Gasteiger partial charge is 0.343 e. The molecular weight excluding hydrogens is 1370 g/mol. The molecule has 3 N–H and O–H groups in total. The second-order valence-corrected chi connectivity index (χ2v) is 32.8. The van der Waals surface area contributed by atoms with Gasteiger partial charge >= 0.3 is 6.18 Å². The lowest BCUT2D eigenvalue weighted by molar-refractivity contribution is -0.160. The molecule has 1 aromatic carbocycles. The standard InChI is InChI=1S/C71H108ClF3N12O14S/c1-43(2)38-54-60(90)77-51(30-37-102(12,100)101)63(93)80(7)45(5)62(92)87-36-29-53(87)66(96)82(9)55(40-46-22-15-13-16-23-46)65(95)79(6)42-57(88)76-50(28-26-47-25-27-48(49(72)39-47)71(73,74)75)64(94)86-35-21-24-52(86)61(91)78-70(31-17-18-32-70)69(99)84(11)59(44(3)4)68(98)83(10)56(41-58(89)81(54)8)67(97)85-33-19-14-20-34-85/h25,27,39,43-46,50-56,59H,13-24,26,28-38,40-42H2,1-12H3,(H,76,88)(H,77,90)(H,78,91)/t45-,50-,51-,52-,53-,54-,55-,56-,59-/m0/s1. The van der Waals surface area contributed by atoms with Crippen molar-refractivity contribution >= 4 is 92.3 Å². The first-order valence-corrected chi connectivity index (χ1v) is 38.7. The van der Waals surface area contributed by atoms with Crippen molar-refractivity contribution < 1.29 is 79.1 Å². The van der Waals surface area contributed by atoms with Crippen LogP contribution in [0.3, 0.4) is 0 Å². The number of fused-ring (bicyclic) bond motifs is 2. The van der Waals surface area contributed by atoms with Crippen molar-refractivity contribution in [3.05, 3.63) is 34.3 Å². The number of amides is 12. The molecule has 4 saturated heterocycles. The van der Waals surface area contributed by atoms with Crippen LogP contribution < -0.4 is 16.0 Å². The van der Waals surface area contributed by atoms with Gasteiger partial charge in [-0.05, 0) is 126 Å². The molecule has 1 aromatic rings. The van der Waals surface area contributed by atoms with Gasteiger partial charge in [0.15, 0.2) is 0 Å². The van der Waals surface area contributed by atoms with Crippen LogP contribution in [0.25, 0.3) is 0 Å². The molecule has 0 unspecified atom stereocenters. The summed E-state index contributed by atoms with van der Waals surface area (Å²) in [7, 11) is 4.43. The largest absolute Gasteiger partial charge is 0.417 e. The number of benzene rings is 1. The highest BCUT2D eigenvalue weighted by Crippen LogP contribution is 2.38. The Morgan fingerprint density at radius 1 is 0.637 bits per heavy atom. The van der Waals surface area contributed by atoms with E-state index < -0.39 is 188 Å². The second kappa shape index (κ2) is 35.1. The Morgan fingerprint density at radius 3 is 1.83 bits per heavy atom. The monoisotopic (exact) mass is 1480 g/mol. The molecule has 2 saturated carbocycles. The zero-order valence-corrected chi connectivity index (χ0v) is 63.0. The second-order valence-electron chi connectivity index (χ2n) is 30.1. The van der Waals surface area contributed by atoms with Gasteiger partial charge in [-0.2, -0.15) is 13.2 Å². The van der Waals surface area contributed by atoms with Crippen molar-refractivity contribution in [2.24, 2.45) is 17.8 Å². The van der Waals surface area contributed by atoms with Crippen LogP contribution in [-0.2, 0) is 80.0 Å². The van der Waals surface area contributed by atoms with Crippen molar-refractivity contribution in [1.82, 2.24) is 60.0 Å². The summed E-state index contributed by atoms with van der Waals surface area (Å²) in [6.07, 6.45) is 3.08. The van der Waals surface area contributed by atoms with Gasteiger partial charge in [-0.15, -0.1) is 0 Å². The number of sulfone groups is 1. The number of halogens is 4. The minimum atomic E-state index is -4.77. The third-order valence-corrected chi connectivity index (χ3v) is 23.1. The van der Waals surface area contributed by atoms with Gasteiger partial charge in [0.25, 0.3) is 0 Å². The Kier molecular flexibility index (Phi) is 28.3. The summed E-state index contributed by atoms with van der Waals surface area (Å²) in [5.74, 6) is -10.1. The SMILES string of the molecule is CC(C)C[C@H]1C(=O)N[C@@H](CCS(C)(=O)=O)C(=O)N(C)[C@@H](C)C(=O)N2CC[C@H]2C(=O)N(C)[C@@H](CC2CCCCC2)C(=O)N(C)CC(=O)N[C@@H](CCc2ccc(C(F)(F)F)c(Cl)c2)C(=O)N2CCC[C@H]2C(=O)NC2(CCCC2)C(=O)N(C)[C@@H](C(C)C)C(=O)N(C)[C@H](C(=O)N2CCCCC2)CC(=O)N1C. The lowest BCUT2D eigenvalue weighted by Gasteiger charge is -2.45. The van der Waals surface area contributed by atoms with Crippen molar-refractivity contribution in [1.29, 1.82) is 0 Å². The van der Waals surface area contributed by atoms with Crippen LogP contribution >= 0.6 is 11.6 Å². The fourth-order valence-corrected chi connectivity index (χ4v) is 16.4. The molecule has 4 heterocycles. The first-order chi connectivity index (χ1) is 47.8. The molecule has 31 heteroatoms. The highest BCUT2D eigenvalue weighted by atomic mass is 35.5. The number of hydrogen-bond acceptors (Lipinski definition) is 14. The van der Waals surface area contributed by atoms with E-state index in [4.69, 9.17) is 11.6 Å². The van der Waals surface area contributed by atoms with E-state index in [9.17, 15) is 55.2 Å². The molecule has 12 amide bonds. The van der Waals surface area contributed by atoms with E-state index in [1.54, 1.807) is 32.6 Å². The molecule has 0 radical (unpaired) electrons. The van der Waals surface area contributed by atoms with E-state index in [0.29, 0.717) is 45.2 Å². The van der Waals surface area contributed by atoms with Crippen LogP contribution in [0.4, 0.5) is 13.2 Å². The van der Waals surface area contributed by atoms with Crippen molar-refractivity contribution in [2.45, 2.75) is 236 Å². The Bertz CT molecular complexity index is 3380. The zero-order chi connectivity index (χ0) is 75.6. The van der Waals surface area contributed by atoms with Crippen molar-refractivity contribution in [3.8, 4) is 0 Å². The van der Waals surface area contributed by atoms with Crippen LogP contribution in [0, 0.1) is 17.8 Å². The molecule has 6 fully saturated rings. The fourth-order valence-electron chi connectivity index (χ4n) is 15.5. The van der Waals surface area contributed by atoms with Crippen LogP contribution in [0.2, 0.25) is 5.02 Å². The van der Waals surface area contributed by atoms with Gasteiger partial charge in [-0.1, -0.05) is 90.3 Å². The summed E-state index contributed by atoms with van der Waals surface area (Å²) in [5.41, 5.74) is -2.42. The highest BCUT2D eigenvalue weighted by Gasteiger charge is 2.51. The topological polar surface area (TPSA) is 304 Å². The third kappa shape index (κ3) is 20.0. The van der Waals surface area contributed by atoms with Crippen molar-refractivity contribution in [3.63, 3.8) is 0 Å². The fraction of sp³-hybridized carbons (Fsp3) is 0.746. The molecule has 7 rings (SSSR count). The molecule has 1 spiro atoms. The molecular formula is C71H108ClF3N12O14S. The molecule has 0 aromatic heterocycles. The molecule has 0 bridgehead atoms. The van der Waals surface area contributed by atoms with Crippen molar-refractivity contribution in [2.75, 3.05) is 87.0 Å². The summed E-state index contributed by atoms with van der Waals surface area (Å²) in [4.78, 5) is 191. The van der Waals surface area contributed by atoms with Gasteiger partial charge in [0.1, 0.15) is 69.8 Å². The summed E-state index contributed by atoms with van der Waals surface area (Å²) in [6, 6.07) is -8.87. The van der Waals surface area contributed by atoms with Gasteiger partial charge in [-0.3, -0.25) is 57.5 Å². The Labute approximate surface area is 603 Å². The van der Waals surface area contributed by atoms with Gasteiger partial charge in [-0.25, -0.2) is 8.42 Å². The number of rotatable bonds is 12. The molecule has 26 nitrogen and oxygen atoms in total. The van der Waals surface area contributed by atoms with Crippen LogP contribution in [0.15, 0.2) is 18.2 Å². The average Bonchev–Trinajstić information content (AvgIpc) is 1.49. The number of hydrogen-bond donors (Lipinski definition) is 3. The maximum absolute atomic E-state index is 15.4. The molecule has 570 valence electrons. The predicted octanol–water partition coefficient (Wildman–Crippen LogP) is 4.42. The minimum Gasteiger partial charge on any atom is -0.343 e. The predicted molar refractivity (Wildman–Crippen MR) is 374 cm³/mol. The van der Waals surface area contributed by atoms with E-state index in [2.05, 4.69) is 16.0 Å². The van der Waals surface area contributed by atoms with E-state index in [-0.39, 0.29) is 81.9 Å². The number of alkyl halides is 3. The number of likely N-dealkylation sites (N-methyl/N-ethyl adjacent to an activating group) is 6. The number of nitrogens with zero attached hydrogens (tertiary/aromatic N) is 9. The van der Waals surface area contributed by atoms with E-state index in [0.717, 1.165) is 76.5 Å². The Hall–Kier alpha value is -7.11. The Morgan fingerprint density at radius 2 is 1.25 bits per heavy atom. The van der Waals surface area contributed by atoms with E-state index >= 15 is 24.0 Å². The molecule has 9 atom stereocenters. The van der Waals surface area contributed by atoms with Gasteiger partial charge < -0.3 is 60.0 Å². The maximum atomic E-state index is 15.4. The third-order valence-electron chi connectivity index (χ3n) is 21.8. The van der Waals surface area contributed by atoms with Gasteiger partial charge in [0.2, 0.25) is 70.9 Å². The molecule has 6 aliphatic rings. The Balaban J connectivity index is 1.29. The highest BCUT2D eigenvalue weighted by molar-refractivity contribution is 7.90. The first kappa shape index (κ1) is 82.2. The molecule has 2 aliphatic carbocycles. The van der Waals surface area contributed by atoms with E-state index in [1.807, 2.05) is 0 Å². The summed E-state index contributed by atoms with van der Waals surface area (Å²) in [5, 5.41) is 7.86. The molecule has 102 heavy (non-hydrogen) atoms. The quantitative estimate of drug-likeness (QED) is 0.261. The summed E-state index contributed by atoms with van der Waals surface area (Å²) >= 11 is 6.15. The van der Waals surface area contributed by atoms with Gasteiger partial charge in [0, 0.05) is 74.7 Å². The number of piperidine rings is 1. The lowest BCUT2D eigenvalue weighted by atomic mass is 9.84. The lowest BCUT2D eigenvalue weighted by Crippen LogP contribution is -2.65. The first-order valence-electron chi connectivity index (χ1n) is 36.2.